The van der Waals surface area contributed by atoms with Gasteiger partial charge in [0, 0.05) is 17.2 Å². The molecule has 1 heterocycles. The molecule has 0 radical (unpaired) electrons. The maximum atomic E-state index is 13.5. The van der Waals surface area contributed by atoms with Gasteiger partial charge in [0.15, 0.2) is 0 Å². The highest BCUT2D eigenvalue weighted by Gasteiger charge is 2.03. The van der Waals surface area contributed by atoms with Crippen LogP contribution in [0.3, 0.4) is 0 Å². The number of halogens is 1. The van der Waals surface area contributed by atoms with E-state index in [1.54, 1.807) is 24.3 Å². The molecule has 0 fully saturated rings. The normalized spacial score (nSPS) is 10.9. The van der Waals surface area contributed by atoms with E-state index in [0.29, 0.717) is 17.2 Å². The maximum absolute atomic E-state index is 13.5. The molecule has 0 bridgehead atoms. The Morgan fingerprint density at radius 2 is 1.74 bits per heavy atom. The third-order valence-corrected chi connectivity index (χ3v) is 3.20. The summed E-state index contributed by atoms with van der Waals surface area (Å²) in [6.45, 7) is 1.82. The minimum absolute atomic E-state index is 0.318. The van der Waals surface area contributed by atoms with Crippen molar-refractivity contribution in [3.8, 4) is 11.3 Å². The van der Waals surface area contributed by atoms with Gasteiger partial charge in [-0.3, -0.25) is 5.43 Å². The SMILES string of the molecule is Cc1nc(NN=Cc2ccccc2F)cc(-c2ccccc2)n1. The summed E-state index contributed by atoms with van der Waals surface area (Å²) in [6, 6.07) is 18.1. The number of anilines is 1. The predicted octanol–water partition coefficient (Wildman–Crippen LogP) is 4.04. The molecule has 0 aliphatic rings. The van der Waals surface area contributed by atoms with E-state index in [0.717, 1.165) is 11.3 Å². The van der Waals surface area contributed by atoms with Crippen LogP contribution in [0.25, 0.3) is 11.3 Å². The fourth-order valence-electron chi connectivity index (χ4n) is 2.13. The number of benzene rings is 2. The molecule has 3 rings (SSSR count). The molecule has 2 aromatic carbocycles. The van der Waals surface area contributed by atoms with Gasteiger partial charge in [-0.1, -0.05) is 48.5 Å². The number of aromatic nitrogens is 2. The van der Waals surface area contributed by atoms with Gasteiger partial charge in [-0.2, -0.15) is 5.10 Å². The molecule has 5 heteroatoms. The van der Waals surface area contributed by atoms with Crippen LogP contribution in [0, 0.1) is 12.7 Å². The average Bonchev–Trinajstić information content (AvgIpc) is 2.57. The number of hydrogen-bond donors (Lipinski definition) is 1. The molecule has 0 saturated heterocycles. The number of nitrogens with one attached hydrogen (secondary N) is 1. The summed E-state index contributed by atoms with van der Waals surface area (Å²) in [6.07, 6.45) is 1.43. The lowest BCUT2D eigenvalue weighted by atomic mass is 10.1. The van der Waals surface area contributed by atoms with E-state index in [2.05, 4.69) is 20.5 Å². The lowest BCUT2D eigenvalue weighted by Gasteiger charge is -2.05. The van der Waals surface area contributed by atoms with Crippen molar-refractivity contribution >= 4 is 12.0 Å². The largest absolute Gasteiger partial charge is 0.261 e. The number of nitrogens with zero attached hydrogens (tertiary/aromatic N) is 3. The number of hydrazone groups is 1. The molecular formula is C18H15FN4. The van der Waals surface area contributed by atoms with Gasteiger partial charge in [-0.25, -0.2) is 14.4 Å². The predicted molar refractivity (Wildman–Crippen MR) is 89.8 cm³/mol. The van der Waals surface area contributed by atoms with E-state index < -0.39 is 0 Å². The molecule has 1 aromatic heterocycles. The van der Waals surface area contributed by atoms with Crippen molar-refractivity contribution in [2.45, 2.75) is 6.92 Å². The van der Waals surface area contributed by atoms with Gasteiger partial charge in [0.05, 0.1) is 11.9 Å². The quantitative estimate of drug-likeness (QED) is 0.584. The summed E-state index contributed by atoms with van der Waals surface area (Å²) >= 11 is 0. The smallest absolute Gasteiger partial charge is 0.150 e. The second kappa shape index (κ2) is 6.79. The first-order valence-corrected chi connectivity index (χ1v) is 7.17. The summed E-state index contributed by atoms with van der Waals surface area (Å²) in [5.74, 6) is 0.876. The van der Waals surface area contributed by atoms with Crippen molar-refractivity contribution in [3.05, 3.63) is 77.9 Å². The van der Waals surface area contributed by atoms with E-state index in [4.69, 9.17) is 0 Å². The topological polar surface area (TPSA) is 50.2 Å². The summed E-state index contributed by atoms with van der Waals surface area (Å²) in [5, 5.41) is 4.04. The van der Waals surface area contributed by atoms with E-state index in [1.807, 2.05) is 37.3 Å². The molecule has 23 heavy (non-hydrogen) atoms. The first-order chi connectivity index (χ1) is 11.2. The Hall–Kier alpha value is -3.08. The second-order valence-electron chi connectivity index (χ2n) is 4.94. The molecule has 1 N–H and O–H groups in total. The highest BCUT2D eigenvalue weighted by Crippen LogP contribution is 2.19. The van der Waals surface area contributed by atoms with Gasteiger partial charge >= 0.3 is 0 Å². The zero-order valence-corrected chi connectivity index (χ0v) is 12.6. The molecule has 0 spiro atoms. The van der Waals surface area contributed by atoms with Crippen LogP contribution >= 0.6 is 0 Å². The van der Waals surface area contributed by atoms with E-state index in [-0.39, 0.29) is 5.82 Å². The van der Waals surface area contributed by atoms with Gasteiger partial charge in [0.2, 0.25) is 0 Å². The Kier molecular flexibility index (Phi) is 4.38. The number of hydrogen-bond acceptors (Lipinski definition) is 4. The first-order valence-electron chi connectivity index (χ1n) is 7.17. The van der Waals surface area contributed by atoms with Crippen molar-refractivity contribution in [1.82, 2.24) is 9.97 Å². The highest BCUT2D eigenvalue weighted by molar-refractivity contribution is 5.80. The van der Waals surface area contributed by atoms with E-state index in [1.165, 1.54) is 12.3 Å². The molecule has 0 saturated carbocycles. The van der Waals surface area contributed by atoms with Crippen LogP contribution in [-0.2, 0) is 0 Å². The molecule has 4 nitrogen and oxygen atoms in total. The summed E-state index contributed by atoms with van der Waals surface area (Å²) in [4.78, 5) is 8.70. The molecule has 0 amide bonds. The van der Waals surface area contributed by atoms with E-state index in [9.17, 15) is 4.39 Å². The molecular weight excluding hydrogens is 291 g/mol. The van der Waals surface area contributed by atoms with Crippen LogP contribution in [0.2, 0.25) is 0 Å². The molecule has 0 atom stereocenters. The zero-order valence-electron chi connectivity index (χ0n) is 12.6. The van der Waals surface area contributed by atoms with Gasteiger partial charge in [-0.05, 0) is 13.0 Å². The molecule has 0 unspecified atom stereocenters. The third-order valence-electron chi connectivity index (χ3n) is 3.20. The second-order valence-corrected chi connectivity index (χ2v) is 4.94. The summed E-state index contributed by atoms with van der Waals surface area (Å²) < 4.78 is 13.5. The highest BCUT2D eigenvalue weighted by atomic mass is 19.1. The van der Waals surface area contributed by atoms with Crippen LogP contribution in [0.4, 0.5) is 10.2 Å². The molecule has 0 aliphatic carbocycles. The Balaban J connectivity index is 1.81. The van der Waals surface area contributed by atoms with Gasteiger partial charge in [0.1, 0.15) is 17.5 Å². The Morgan fingerprint density at radius 3 is 2.52 bits per heavy atom. The average molecular weight is 306 g/mol. The monoisotopic (exact) mass is 306 g/mol. The van der Waals surface area contributed by atoms with Crippen LogP contribution in [0.1, 0.15) is 11.4 Å². The maximum Gasteiger partial charge on any atom is 0.150 e. The number of aryl methyl sites for hydroxylation is 1. The fourth-order valence-corrected chi connectivity index (χ4v) is 2.13. The minimum atomic E-state index is -0.318. The Labute approximate surface area is 133 Å². The lowest BCUT2D eigenvalue weighted by molar-refractivity contribution is 0.626. The van der Waals surface area contributed by atoms with Gasteiger partial charge in [0.25, 0.3) is 0 Å². The van der Waals surface area contributed by atoms with Crippen molar-refractivity contribution < 1.29 is 4.39 Å². The third kappa shape index (κ3) is 3.77. The van der Waals surface area contributed by atoms with Crippen molar-refractivity contribution in [2.24, 2.45) is 5.10 Å². The van der Waals surface area contributed by atoms with E-state index >= 15 is 0 Å². The van der Waals surface area contributed by atoms with Crippen LogP contribution < -0.4 is 5.43 Å². The van der Waals surface area contributed by atoms with Gasteiger partial charge < -0.3 is 0 Å². The number of rotatable bonds is 4. The Bertz CT molecular complexity index is 831. The first kappa shape index (κ1) is 14.8. The lowest BCUT2D eigenvalue weighted by Crippen LogP contribution is -1.99. The van der Waals surface area contributed by atoms with Crippen molar-refractivity contribution in [3.63, 3.8) is 0 Å². The standard InChI is InChI=1S/C18H15FN4/c1-13-21-17(14-7-3-2-4-8-14)11-18(22-13)23-20-12-15-9-5-6-10-16(15)19/h2-12H,1H3,(H,21,22,23). The van der Waals surface area contributed by atoms with Gasteiger partial charge in [-0.15, -0.1) is 0 Å². The van der Waals surface area contributed by atoms with Crippen LogP contribution in [0.5, 0.6) is 0 Å². The molecule has 114 valence electrons. The van der Waals surface area contributed by atoms with Crippen LogP contribution in [-0.4, -0.2) is 16.2 Å². The summed E-state index contributed by atoms with van der Waals surface area (Å²) in [7, 11) is 0. The Morgan fingerprint density at radius 1 is 1.00 bits per heavy atom. The fraction of sp³-hybridized carbons (Fsp3) is 0.0556. The van der Waals surface area contributed by atoms with Crippen LogP contribution in [0.15, 0.2) is 65.8 Å². The summed E-state index contributed by atoms with van der Waals surface area (Å²) in [5.41, 5.74) is 5.04. The molecule has 0 aliphatic heterocycles. The minimum Gasteiger partial charge on any atom is -0.261 e. The van der Waals surface area contributed by atoms with Crippen molar-refractivity contribution in [1.29, 1.82) is 0 Å². The van der Waals surface area contributed by atoms with Crippen molar-refractivity contribution in [2.75, 3.05) is 5.43 Å². The zero-order chi connectivity index (χ0) is 16.1. The molecule has 3 aromatic rings.